The van der Waals surface area contributed by atoms with Crippen LogP contribution >= 0.6 is 0 Å². The van der Waals surface area contributed by atoms with Crippen molar-refractivity contribution in [3.8, 4) is 0 Å². The summed E-state index contributed by atoms with van der Waals surface area (Å²) in [5.74, 6) is 0.678. The lowest BCUT2D eigenvalue weighted by Crippen LogP contribution is -2.53. The zero-order chi connectivity index (χ0) is 13.1. The summed E-state index contributed by atoms with van der Waals surface area (Å²) in [4.78, 5) is 2.43. The molecule has 0 amide bonds. The minimum absolute atomic E-state index is 0.199. The molecular weight excluding hydrogens is 212 g/mol. The van der Waals surface area contributed by atoms with Crippen LogP contribution in [0.5, 0.6) is 0 Å². The van der Waals surface area contributed by atoms with Crippen molar-refractivity contribution in [1.29, 1.82) is 0 Å². The van der Waals surface area contributed by atoms with Gasteiger partial charge in [-0.3, -0.25) is 0 Å². The largest absolute Gasteiger partial charge is 0.381 e. The summed E-state index contributed by atoms with van der Waals surface area (Å²) in [6.45, 7) is 11.9. The van der Waals surface area contributed by atoms with Gasteiger partial charge in [-0.05, 0) is 38.1 Å². The van der Waals surface area contributed by atoms with E-state index in [1.165, 1.54) is 12.8 Å². The summed E-state index contributed by atoms with van der Waals surface area (Å²) in [5.41, 5.74) is 6.38. The third-order valence-electron chi connectivity index (χ3n) is 3.66. The Kier molecular flexibility index (Phi) is 5.42. The van der Waals surface area contributed by atoms with E-state index in [4.69, 9.17) is 10.5 Å². The maximum absolute atomic E-state index is 6.16. The third kappa shape index (κ3) is 4.57. The van der Waals surface area contributed by atoms with Crippen molar-refractivity contribution in [3.63, 3.8) is 0 Å². The fourth-order valence-corrected chi connectivity index (χ4v) is 3.32. The summed E-state index contributed by atoms with van der Waals surface area (Å²) in [6.07, 6.45) is 2.50. The van der Waals surface area contributed by atoms with Crippen molar-refractivity contribution >= 4 is 0 Å². The van der Waals surface area contributed by atoms with Gasteiger partial charge in [-0.15, -0.1) is 0 Å². The number of nitrogens with zero attached hydrogens (tertiary/aromatic N) is 1. The van der Waals surface area contributed by atoms with E-state index < -0.39 is 0 Å². The standard InChI is InChI=1S/C14H30N2O/c1-11(15)13(14(2,3)4)16(5)9-12-7-6-8-17-10-12/h11-13H,6-10,15H2,1-5H3. The van der Waals surface area contributed by atoms with E-state index in [0.717, 1.165) is 19.8 Å². The molecule has 0 saturated carbocycles. The maximum Gasteiger partial charge on any atom is 0.0506 e. The molecule has 1 rings (SSSR count). The topological polar surface area (TPSA) is 38.5 Å². The van der Waals surface area contributed by atoms with Crippen molar-refractivity contribution in [2.24, 2.45) is 17.1 Å². The molecule has 2 N–H and O–H groups in total. The first kappa shape index (κ1) is 14.9. The highest BCUT2D eigenvalue weighted by Crippen LogP contribution is 2.27. The predicted octanol–water partition coefficient (Wildman–Crippen LogP) is 2.11. The second-order valence-electron chi connectivity index (χ2n) is 6.69. The molecule has 0 radical (unpaired) electrons. The van der Waals surface area contributed by atoms with E-state index in [1.807, 2.05) is 0 Å². The van der Waals surface area contributed by atoms with Gasteiger partial charge in [-0.2, -0.15) is 0 Å². The molecule has 17 heavy (non-hydrogen) atoms. The molecule has 3 nitrogen and oxygen atoms in total. The Morgan fingerprint density at radius 2 is 2.06 bits per heavy atom. The lowest BCUT2D eigenvalue weighted by molar-refractivity contribution is 0.0204. The molecule has 0 aromatic rings. The molecule has 0 aromatic carbocycles. The minimum Gasteiger partial charge on any atom is -0.381 e. The lowest BCUT2D eigenvalue weighted by Gasteiger charge is -2.42. The van der Waals surface area contributed by atoms with Gasteiger partial charge < -0.3 is 15.4 Å². The number of rotatable bonds is 4. The van der Waals surface area contributed by atoms with Gasteiger partial charge in [0.2, 0.25) is 0 Å². The smallest absolute Gasteiger partial charge is 0.0506 e. The van der Waals surface area contributed by atoms with Crippen molar-refractivity contribution in [1.82, 2.24) is 4.90 Å². The number of nitrogens with two attached hydrogens (primary N) is 1. The molecule has 3 atom stereocenters. The van der Waals surface area contributed by atoms with Crippen molar-refractivity contribution in [3.05, 3.63) is 0 Å². The van der Waals surface area contributed by atoms with Gasteiger partial charge in [0.1, 0.15) is 0 Å². The molecular formula is C14H30N2O. The molecule has 1 fully saturated rings. The van der Waals surface area contributed by atoms with Crippen LogP contribution in [0, 0.1) is 11.3 Å². The number of ether oxygens (including phenoxy) is 1. The minimum atomic E-state index is 0.199. The Bertz CT molecular complexity index is 217. The van der Waals surface area contributed by atoms with Crippen LogP contribution in [0.25, 0.3) is 0 Å². The highest BCUT2D eigenvalue weighted by atomic mass is 16.5. The van der Waals surface area contributed by atoms with E-state index in [1.54, 1.807) is 0 Å². The summed E-state index contributed by atoms with van der Waals surface area (Å²) >= 11 is 0. The molecule has 3 heteroatoms. The Morgan fingerprint density at radius 1 is 1.41 bits per heavy atom. The molecule has 0 spiro atoms. The molecule has 0 aliphatic carbocycles. The number of hydrogen-bond acceptors (Lipinski definition) is 3. The van der Waals surface area contributed by atoms with Gasteiger partial charge in [-0.1, -0.05) is 20.8 Å². The monoisotopic (exact) mass is 242 g/mol. The summed E-state index contributed by atoms with van der Waals surface area (Å²) in [7, 11) is 2.20. The maximum atomic E-state index is 6.16. The lowest BCUT2D eigenvalue weighted by atomic mass is 9.81. The summed E-state index contributed by atoms with van der Waals surface area (Å²) < 4.78 is 5.55. The SMILES string of the molecule is CC(N)C(N(C)CC1CCCOC1)C(C)(C)C. The second kappa shape index (κ2) is 6.17. The van der Waals surface area contributed by atoms with Crippen LogP contribution in [-0.4, -0.2) is 43.8 Å². The van der Waals surface area contributed by atoms with Crippen molar-refractivity contribution in [2.45, 2.75) is 52.6 Å². The van der Waals surface area contributed by atoms with E-state index in [0.29, 0.717) is 12.0 Å². The Morgan fingerprint density at radius 3 is 2.47 bits per heavy atom. The van der Waals surface area contributed by atoms with Crippen LogP contribution in [-0.2, 0) is 4.74 Å². The highest BCUT2D eigenvalue weighted by Gasteiger charge is 2.32. The third-order valence-corrected chi connectivity index (χ3v) is 3.66. The van der Waals surface area contributed by atoms with E-state index >= 15 is 0 Å². The number of likely N-dealkylation sites (N-methyl/N-ethyl adjacent to an activating group) is 1. The van der Waals surface area contributed by atoms with Gasteiger partial charge in [0.25, 0.3) is 0 Å². The normalized spacial score (nSPS) is 25.9. The zero-order valence-electron chi connectivity index (χ0n) is 12.2. The quantitative estimate of drug-likeness (QED) is 0.820. The molecule has 1 aliphatic rings. The Labute approximate surface area is 107 Å². The van der Waals surface area contributed by atoms with Gasteiger partial charge in [0, 0.05) is 25.2 Å². The molecule has 1 saturated heterocycles. The Hall–Kier alpha value is -0.120. The molecule has 0 aromatic heterocycles. The van der Waals surface area contributed by atoms with Crippen LogP contribution in [0.4, 0.5) is 0 Å². The summed E-state index contributed by atoms with van der Waals surface area (Å²) in [6, 6.07) is 0.619. The average molecular weight is 242 g/mol. The molecule has 1 heterocycles. The first-order valence-electron chi connectivity index (χ1n) is 6.86. The fraction of sp³-hybridized carbons (Fsp3) is 1.00. The fourth-order valence-electron chi connectivity index (χ4n) is 3.32. The molecule has 0 bridgehead atoms. The van der Waals surface area contributed by atoms with Crippen molar-refractivity contribution in [2.75, 3.05) is 26.8 Å². The van der Waals surface area contributed by atoms with Crippen LogP contribution in [0.3, 0.4) is 0 Å². The first-order valence-corrected chi connectivity index (χ1v) is 6.86. The highest BCUT2D eigenvalue weighted by molar-refractivity contribution is 4.88. The van der Waals surface area contributed by atoms with Crippen LogP contribution in [0.2, 0.25) is 0 Å². The van der Waals surface area contributed by atoms with E-state index in [2.05, 4.69) is 39.6 Å². The van der Waals surface area contributed by atoms with E-state index in [9.17, 15) is 0 Å². The van der Waals surface area contributed by atoms with Crippen molar-refractivity contribution < 1.29 is 4.74 Å². The van der Waals surface area contributed by atoms with E-state index in [-0.39, 0.29) is 11.5 Å². The van der Waals surface area contributed by atoms with Gasteiger partial charge in [0.15, 0.2) is 0 Å². The van der Waals surface area contributed by atoms with Crippen LogP contribution in [0.1, 0.15) is 40.5 Å². The molecule has 1 aliphatic heterocycles. The van der Waals surface area contributed by atoms with Crippen LogP contribution in [0.15, 0.2) is 0 Å². The predicted molar refractivity (Wildman–Crippen MR) is 73.1 cm³/mol. The first-order chi connectivity index (χ1) is 7.82. The second-order valence-corrected chi connectivity index (χ2v) is 6.69. The van der Waals surface area contributed by atoms with Gasteiger partial charge >= 0.3 is 0 Å². The van der Waals surface area contributed by atoms with Crippen LogP contribution < -0.4 is 5.73 Å². The van der Waals surface area contributed by atoms with Gasteiger partial charge in [-0.25, -0.2) is 0 Å². The summed E-state index contributed by atoms with van der Waals surface area (Å²) in [5, 5.41) is 0. The zero-order valence-corrected chi connectivity index (χ0v) is 12.2. The Balaban J connectivity index is 2.55. The average Bonchev–Trinajstić information content (AvgIpc) is 2.15. The van der Waals surface area contributed by atoms with Gasteiger partial charge in [0.05, 0.1) is 6.61 Å². The number of hydrogen-bond donors (Lipinski definition) is 1. The molecule has 3 unspecified atom stereocenters. The molecule has 102 valence electrons.